The van der Waals surface area contributed by atoms with E-state index in [0.717, 1.165) is 49.7 Å². The molecule has 31 heavy (non-hydrogen) atoms. The summed E-state index contributed by atoms with van der Waals surface area (Å²) in [6.07, 6.45) is 10.3. The van der Waals surface area contributed by atoms with E-state index >= 15 is 0 Å². The molecule has 3 heterocycles. The molecule has 4 rings (SSSR count). The Labute approximate surface area is 184 Å². The minimum atomic E-state index is -0.102. The van der Waals surface area contributed by atoms with Crippen LogP contribution in [0.4, 0.5) is 0 Å². The van der Waals surface area contributed by atoms with Crippen molar-refractivity contribution in [1.82, 2.24) is 24.8 Å². The van der Waals surface area contributed by atoms with E-state index in [0.29, 0.717) is 17.5 Å². The normalized spacial score (nSPS) is 22.2. The highest BCUT2D eigenvalue weighted by Crippen LogP contribution is 2.29. The number of rotatable bonds is 6. The van der Waals surface area contributed by atoms with E-state index in [4.69, 9.17) is 0 Å². The van der Waals surface area contributed by atoms with E-state index in [1.165, 1.54) is 25.7 Å². The number of pyridine rings is 1. The predicted octanol–water partition coefficient (Wildman–Crippen LogP) is 3.60. The van der Waals surface area contributed by atoms with Gasteiger partial charge in [0.2, 0.25) is 5.91 Å². The number of likely N-dealkylation sites (tertiary alicyclic amines) is 1. The molecule has 0 bridgehead atoms. The van der Waals surface area contributed by atoms with E-state index in [9.17, 15) is 9.59 Å². The van der Waals surface area contributed by atoms with Crippen LogP contribution in [0.2, 0.25) is 0 Å². The molecule has 1 aliphatic heterocycles. The number of nitrogens with zero attached hydrogens (tertiary/aromatic N) is 4. The van der Waals surface area contributed by atoms with Gasteiger partial charge in [0, 0.05) is 38.8 Å². The average molecular weight is 426 g/mol. The van der Waals surface area contributed by atoms with Crippen LogP contribution in [0.1, 0.15) is 74.5 Å². The number of carbonyl (C=O) groups is 2. The van der Waals surface area contributed by atoms with Crippen LogP contribution in [0.3, 0.4) is 0 Å². The monoisotopic (exact) mass is 425 g/mol. The number of fused-ring (bicyclic) bond motifs is 1. The summed E-state index contributed by atoms with van der Waals surface area (Å²) < 4.78 is 1.90. The molecule has 1 N–H and O–H groups in total. The topological polar surface area (TPSA) is 80.1 Å². The molecular formula is C24H35N5O2. The van der Waals surface area contributed by atoms with Crippen molar-refractivity contribution >= 4 is 23.0 Å². The number of aromatic nitrogens is 3. The molecule has 1 saturated heterocycles. The van der Waals surface area contributed by atoms with Crippen LogP contribution in [0, 0.1) is 18.8 Å². The lowest BCUT2D eigenvalue weighted by Gasteiger charge is -2.39. The minimum absolute atomic E-state index is 0.0735. The highest BCUT2D eigenvalue weighted by molar-refractivity contribution is 6.04. The fraction of sp³-hybridized carbons (Fsp3) is 0.667. The first-order valence-electron chi connectivity index (χ1n) is 11.8. The van der Waals surface area contributed by atoms with E-state index < -0.39 is 0 Å². The van der Waals surface area contributed by atoms with Gasteiger partial charge >= 0.3 is 0 Å². The Morgan fingerprint density at radius 2 is 2.00 bits per heavy atom. The molecule has 2 atom stereocenters. The highest BCUT2D eigenvalue weighted by atomic mass is 16.2. The van der Waals surface area contributed by atoms with Crippen LogP contribution < -0.4 is 5.32 Å². The Kier molecular flexibility index (Phi) is 6.58. The van der Waals surface area contributed by atoms with Gasteiger partial charge in [-0.05, 0) is 44.1 Å². The van der Waals surface area contributed by atoms with Crippen LogP contribution in [0.5, 0.6) is 0 Å². The van der Waals surface area contributed by atoms with Crippen LogP contribution >= 0.6 is 0 Å². The molecule has 2 amide bonds. The van der Waals surface area contributed by atoms with Crippen molar-refractivity contribution in [3.8, 4) is 0 Å². The van der Waals surface area contributed by atoms with Crippen LogP contribution in [-0.4, -0.2) is 50.4 Å². The fourth-order valence-electron chi connectivity index (χ4n) is 5.27. The Hall–Kier alpha value is -2.44. The molecule has 1 aliphatic carbocycles. The highest BCUT2D eigenvalue weighted by Gasteiger charge is 2.32. The van der Waals surface area contributed by atoms with Crippen molar-refractivity contribution < 1.29 is 9.59 Å². The standard InChI is InChI=1S/C24H35N5O2/c1-4-18-15-29(21(30)10-9-17-7-5-6-8-17)14-12-20(18)27-24(31)19-11-13-25-23-22(19)26-16(2)28(23)3/h11,13,17-18,20H,4-10,12,14-15H2,1-3H3,(H,27,31)/t18-,20+/m1/s1. The third kappa shape index (κ3) is 4.60. The zero-order valence-corrected chi connectivity index (χ0v) is 19.1. The molecule has 7 heteroatoms. The first-order chi connectivity index (χ1) is 15.0. The summed E-state index contributed by atoms with van der Waals surface area (Å²) in [7, 11) is 1.91. The van der Waals surface area contributed by atoms with Crippen LogP contribution in [0.25, 0.3) is 11.2 Å². The largest absolute Gasteiger partial charge is 0.349 e. The first kappa shape index (κ1) is 21.8. The molecule has 2 aromatic heterocycles. The summed E-state index contributed by atoms with van der Waals surface area (Å²) in [5, 5.41) is 3.24. The van der Waals surface area contributed by atoms with Gasteiger partial charge in [-0.25, -0.2) is 9.97 Å². The van der Waals surface area contributed by atoms with Crippen molar-refractivity contribution in [1.29, 1.82) is 0 Å². The summed E-state index contributed by atoms with van der Waals surface area (Å²) in [6.45, 7) is 5.51. The number of nitrogens with one attached hydrogen (secondary N) is 1. The SMILES string of the molecule is CC[C@@H]1CN(C(=O)CCC2CCCC2)CC[C@@H]1NC(=O)c1ccnc2c1nc(C)n2C. The maximum Gasteiger partial charge on any atom is 0.253 e. The summed E-state index contributed by atoms with van der Waals surface area (Å²) in [4.78, 5) is 36.8. The molecule has 2 aliphatic rings. The molecule has 1 saturated carbocycles. The lowest BCUT2D eigenvalue weighted by molar-refractivity contribution is -0.133. The van der Waals surface area contributed by atoms with Crippen molar-refractivity contribution in [3.05, 3.63) is 23.7 Å². The third-order valence-corrected chi connectivity index (χ3v) is 7.40. The van der Waals surface area contributed by atoms with E-state index in [2.05, 4.69) is 22.2 Å². The molecule has 0 aromatic carbocycles. The van der Waals surface area contributed by atoms with Gasteiger partial charge in [0.1, 0.15) is 11.3 Å². The van der Waals surface area contributed by atoms with Crippen molar-refractivity contribution in [2.75, 3.05) is 13.1 Å². The smallest absolute Gasteiger partial charge is 0.253 e. The van der Waals surface area contributed by atoms with Gasteiger partial charge in [0.25, 0.3) is 5.91 Å². The zero-order chi connectivity index (χ0) is 22.0. The number of carbonyl (C=O) groups excluding carboxylic acids is 2. The molecule has 2 aromatic rings. The Bertz CT molecular complexity index is 947. The Balaban J connectivity index is 1.38. The molecule has 2 fully saturated rings. The number of hydrogen-bond donors (Lipinski definition) is 1. The molecule has 0 unspecified atom stereocenters. The number of aryl methyl sites for hydroxylation is 2. The lowest BCUT2D eigenvalue weighted by Crippen LogP contribution is -2.52. The second-order valence-corrected chi connectivity index (χ2v) is 9.31. The van der Waals surface area contributed by atoms with Crippen molar-refractivity contribution in [2.45, 2.75) is 71.3 Å². The van der Waals surface area contributed by atoms with E-state index in [1.54, 1.807) is 12.3 Å². The molecular weight excluding hydrogens is 390 g/mol. The van der Waals surface area contributed by atoms with Gasteiger partial charge in [-0.1, -0.05) is 32.6 Å². The van der Waals surface area contributed by atoms with E-state index in [-0.39, 0.29) is 23.8 Å². The van der Waals surface area contributed by atoms with E-state index in [1.807, 2.05) is 23.4 Å². The van der Waals surface area contributed by atoms with Gasteiger partial charge in [0.15, 0.2) is 5.65 Å². The van der Waals surface area contributed by atoms with Gasteiger partial charge in [-0.3, -0.25) is 9.59 Å². The maximum atomic E-state index is 13.1. The summed E-state index contributed by atoms with van der Waals surface area (Å²) in [6, 6.07) is 1.82. The summed E-state index contributed by atoms with van der Waals surface area (Å²) >= 11 is 0. The quantitative estimate of drug-likeness (QED) is 0.767. The Morgan fingerprint density at radius 1 is 1.23 bits per heavy atom. The lowest BCUT2D eigenvalue weighted by atomic mass is 9.89. The maximum absolute atomic E-state index is 13.1. The van der Waals surface area contributed by atoms with Gasteiger partial charge in [-0.2, -0.15) is 0 Å². The minimum Gasteiger partial charge on any atom is -0.349 e. The van der Waals surface area contributed by atoms with Crippen molar-refractivity contribution in [2.24, 2.45) is 18.9 Å². The molecule has 168 valence electrons. The zero-order valence-electron chi connectivity index (χ0n) is 19.1. The van der Waals surface area contributed by atoms with Crippen LogP contribution in [-0.2, 0) is 11.8 Å². The predicted molar refractivity (Wildman–Crippen MR) is 121 cm³/mol. The second kappa shape index (κ2) is 9.37. The average Bonchev–Trinajstić information content (AvgIpc) is 3.40. The number of imidazole rings is 1. The fourth-order valence-corrected chi connectivity index (χ4v) is 5.27. The van der Waals surface area contributed by atoms with Gasteiger partial charge in [-0.15, -0.1) is 0 Å². The second-order valence-electron chi connectivity index (χ2n) is 9.31. The van der Waals surface area contributed by atoms with Crippen molar-refractivity contribution in [3.63, 3.8) is 0 Å². The Morgan fingerprint density at radius 3 is 2.74 bits per heavy atom. The molecule has 7 nitrogen and oxygen atoms in total. The molecule has 0 spiro atoms. The van der Waals surface area contributed by atoms with Gasteiger partial charge in [0.05, 0.1) is 5.56 Å². The number of piperidine rings is 1. The summed E-state index contributed by atoms with van der Waals surface area (Å²) in [5.74, 6) is 2.04. The number of amides is 2. The third-order valence-electron chi connectivity index (χ3n) is 7.40. The number of hydrogen-bond acceptors (Lipinski definition) is 4. The van der Waals surface area contributed by atoms with Gasteiger partial charge < -0.3 is 14.8 Å². The first-order valence-corrected chi connectivity index (χ1v) is 11.8. The van der Waals surface area contributed by atoms with Crippen LogP contribution in [0.15, 0.2) is 12.3 Å². The molecule has 0 radical (unpaired) electrons. The summed E-state index contributed by atoms with van der Waals surface area (Å²) in [5.41, 5.74) is 1.94.